The van der Waals surface area contributed by atoms with Crippen LogP contribution in [0.5, 0.6) is 0 Å². The quantitative estimate of drug-likeness (QED) is 0.926. The maximum atomic E-state index is 12.8. The van der Waals surface area contributed by atoms with Crippen molar-refractivity contribution in [2.24, 2.45) is 5.41 Å². The van der Waals surface area contributed by atoms with Gasteiger partial charge in [-0.25, -0.2) is 0 Å². The summed E-state index contributed by atoms with van der Waals surface area (Å²) in [4.78, 5) is 14.9. The molecular formula is C18H26N2O. The monoisotopic (exact) mass is 286 g/mol. The Kier molecular flexibility index (Phi) is 4.03. The van der Waals surface area contributed by atoms with E-state index in [1.165, 1.54) is 24.8 Å². The molecule has 1 saturated carbocycles. The number of hydrogen-bond donors (Lipinski definition) is 1. The minimum absolute atomic E-state index is 0.0508. The maximum Gasteiger partial charge on any atom is 0.241 e. The molecule has 2 fully saturated rings. The molecule has 0 aromatic heterocycles. The molecule has 0 radical (unpaired) electrons. The fourth-order valence-corrected chi connectivity index (χ4v) is 3.90. The first-order valence-electron chi connectivity index (χ1n) is 8.16. The molecule has 2 aliphatic rings. The van der Waals surface area contributed by atoms with E-state index in [0.717, 1.165) is 12.8 Å². The lowest BCUT2D eigenvalue weighted by Crippen LogP contribution is -2.49. The second kappa shape index (κ2) is 5.80. The molecule has 0 bridgehead atoms. The zero-order valence-corrected chi connectivity index (χ0v) is 13.1. The Morgan fingerprint density at radius 1 is 1.24 bits per heavy atom. The molecule has 114 valence electrons. The largest absolute Gasteiger partial charge is 0.325 e. The fraction of sp³-hybridized carbons (Fsp3) is 0.611. The molecule has 3 heteroatoms. The Morgan fingerprint density at radius 2 is 2.00 bits per heavy atom. The Labute approximate surface area is 127 Å². The number of amides is 1. The summed E-state index contributed by atoms with van der Waals surface area (Å²) in [6.07, 6.45) is 5.72. The lowest BCUT2D eigenvalue weighted by atomic mass is 9.72. The van der Waals surface area contributed by atoms with E-state index in [1.54, 1.807) is 0 Å². The second-order valence-electron chi connectivity index (χ2n) is 7.16. The van der Waals surface area contributed by atoms with Gasteiger partial charge in [-0.05, 0) is 30.2 Å². The van der Waals surface area contributed by atoms with Gasteiger partial charge >= 0.3 is 0 Å². The number of carbonyl (C=O) groups excluding carboxylic acids is 1. The average molecular weight is 286 g/mol. The molecule has 0 spiro atoms. The highest BCUT2D eigenvalue weighted by atomic mass is 16.2. The van der Waals surface area contributed by atoms with Crippen LogP contribution < -0.4 is 5.32 Å². The van der Waals surface area contributed by atoms with Crippen molar-refractivity contribution in [2.45, 2.75) is 58.0 Å². The summed E-state index contributed by atoms with van der Waals surface area (Å²) in [6.45, 7) is 5.34. The van der Waals surface area contributed by atoms with Crippen molar-refractivity contribution in [3.63, 3.8) is 0 Å². The van der Waals surface area contributed by atoms with Crippen LogP contribution in [-0.2, 0) is 11.2 Å². The highest BCUT2D eigenvalue weighted by Crippen LogP contribution is 2.39. The third kappa shape index (κ3) is 2.98. The first kappa shape index (κ1) is 14.6. The van der Waals surface area contributed by atoms with E-state index in [1.807, 2.05) is 18.2 Å². The zero-order valence-electron chi connectivity index (χ0n) is 13.1. The van der Waals surface area contributed by atoms with E-state index in [4.69, 9.17) is 0 Å². The summed E-state index contributed by atoms with van der Waals surface area (Å²) in [5.41, 5.74) is 1.48. The van der Waals surface area contributed by atoms with Crippen molar-refractivity contribution in [1.29, 1.82) is 0 Å². The van der Waals surface area contributed by atoms with Crippen molar-refractivity contribution in [3.05, 3.63) is 35.9 Å². The van der Waals surface area contributed by atoms with Crippen LogP contribution in [0.1, 0.15) is 45.1 Å². The van der Waals surface area contributed by atoms with Gasteiger partial charge in [0.25, 0.3) is 0 Å². The van der Waals surface area contributed by atoms with Crippen LogP contribution in [-0.4, -0.2) is 29.6 Å². The SMILES string of the molecule is CC1(C)CCCCC1N1CNC(Cc2ccccc2)C1=O. The standard InChI is InChI=1S/C18H26N2O/c1-18(2)11-7-6-10-16(18)20-13-19-15(17(20)21)12-14-8-4-3-5-9-14/h3-5,8-9,15-16,19H,6-7,10-13H2,1-2H3. The van der Waals surface area contributed by atoms with E-state index in [0.29, 0.717) is 18.6 Å². The van der Waals surface area contributed by atoms with E-state index >= 15 is 0 Å². The lowest BCUT2D eigenvalue weighted by molar-refractivity contribution is -0.134. The smallest absolute Gasteiger partial charge is 0.241 e. The van der Waals surface area contributed by atoms with Gasteiger partial charge < -0.3 is 4.90 Å². The molecule has 2 unspecified atom stereocenters. The van der Waals surface area contributed by atoms with Crippen molar-refractivity contribution >= 4 is 5.91 Å². The van der Waals surface area contributed by atoms with Gasteiger partial charge in [0.15, 0.2) is 0 Å². The van der Waals surface area contributed by atoms with Gasteiger partial charge in [0.2, 0.25) is 5.91 Å². The predicted molar refractivity (Wildman–Crippen MR) is 84.8 cm³/mol. The number of hydrogen-bond acceptors (Lipinski definition) is 2. The van der Waals surface area contributed by atoms with Crippen LogP contribution in [0.2, 0.25) is 0 Å². The van der Waals surface area contributed by atoms with Crippen LogP contribution in [0, 0.1) is 5.41 Å². The number of carbonyl (C=O) groups is 1. The number of benzene rings is 1. The first-order chi connectivity index (χ1) is 10.1. The molecule has 1 N–H and O–H groups in total. The third-order valence-corrected chi connectivity index (χ3v) is 5.20. The molecule has 3 rings (SSSR count). The van der Waals surface area contributed by atoms with E-state index in [9.17, 15) is 4.79 Å². The van der Waals surface area contributed by atoms with Crippen molar-refractivity contribution in [3.8, 4) is 0 Å². The van der Waals surface area contributed by atoms with Crippen molar-refractivity contribution < 1.29 is 4.79 Å². The molecular weight excluding hydrogens is 260 g/mol. The van der Waals surface area contributed by atoms with E-state index < -0.39 is 0 Å². The van der Waals surface area contributed by atoms with Crippen LogP contribution in [0.15, 0.2) is 30.3 Å². The van der Waals surface area contributed by atoms with Crippen LogP contribution in [0.4, 0.5) is 0 Å². The Morgan fingerprint density at radius 3 is 2.71 bits per heavy atom. The van der Waals surface area contributed by atoms with Crippen LogP contribution in [0.3, 0.4) is 0 Å². The lowest BCUT2D eigenvalue weighted by Gasteiger charge is -2.43. The molecule has 2 atom stereocenters. The molecule has 1 aromatic rings. The van der Waals surface area contributed by atoms with Gasteiger partial charge in [-0.2, -0.15) is 0 Å². The Bertz CT molecular complexity index is 497. The molecule has 1 heterocycles. The Balaban J connectivity index is 1.69. The molecule has 3 nitrogen and oxygen atoms in total. The second-order valence-corrected chi connectivity index (χ2v) is 7.16. The van der Waals surface area contributed by atoms with Gasteiger partial charge in [0, 0.05) is 6.04 Å². The molecule has 1 saturated heterocycles. The summed E-state index contributed by atoms with van der Waals surface area (Å²) in [5.74, 6) is 0.291. The van der Waals surface area contributed by atoms with Gasteiger partial charge in [0.1, 0.15) is 0 Å². The van der Waals surface area contributed by atoms with E-state index in [-0.39, 0.29) is 11.5 Å². The normalized spacial score (nSPS) is 28.9. The first-order valence-corrected chi connectivity index (χ1v) is 8.16. The summed E-state index contributed by atoms with van der Waals surface area (Å²) in [5, 5.41) is 3.42. The van der Waals surface area contributed by atoms with Crippen molar-refractivity contribution in [2.75, 3.05) is 6.67 Å². The fourth-order valence-electron chi connectivity index (χ4n) is 3.90. The third-order valence-electron chi connectivity index (χ3n) is 5.20. The highest BCUT2D eigenvalue weighted by molar-refractivity contribution is 5.84. The predicted octanol–water partition coefficient (Wildman–Crippen LogP) is 2.96. The minimum Gasteiger partial charge on any atom is -0.325 e. The van der Waals surface area contributed by atoms with Gasteiger partial charge in [0.05, 0.1) is 12.7 Å². The van der Waals surface area contributed by atoms with Crippen LogP contribution in [0.25, 0.3) is 0 Å². The Hall–Kier alpha value is -1.35. The van der Waals surface area contributed by atoms with Gasteiger partial charge in [-0.3, -0.25) is 10.1 Å². The zero-order chi connectivity index (χ0) is 14.9. The summed E-state index contributed by atoms with van der Waals surface area (Å²) >= 11 is 0. The van der Waals surface area contributed by atoms with Gasteiger partial charge in [-0.1, -0.05) is 57.0 Å². The molecule has 1 aliphatic carbocycles. The number of nitrogens with one attached hydrogen (secondary N) is 1. The molecule has 1 amide bonds. The van der Waals surface area contributed by atoms with E-state index in [2.05, 4.69) is 36.2 Å². The van der Waals surface area contributed by atoms with Gasteiger partial charge in [-0.15, -0.1) is 0 Å². The number of nitrogens with zero attached hydrogens (tertiary/aromatic N) is 1. The van der Waals surface area contributed by atoms with Crippen LogP contribution >= 0.6 is 0 Å². The summed E-state index contributed by atoms with van der Waals surface area (Å²) < 4.78 is 0. The topological polar surface area (TPSA) is 32.3 Å². The maximum absolute atomic E-state index is 12.8. The molecule has 1 aromatic carbocycles. The molecule has 21 heavy (non-hydrogen) atoms. The summed E-state index contributed by atoms with van der Waals surface area (Å²) in [6, 6.07) is 10.6. The number of rotatable bonds is 3. The summed E-state index contributed by atoms with van der Waals surface area (Å²) in [7, 11) is 0. The molecule has 1 aliphatic heterocycles. The average Bonchev–Trinajstić information content (AvgIpc) is 2.81. The highest BCUT2D eigenvalue weighted by Gasteiger charge is 2.42. The minimum atomic E-state index is -0.0508. The van der Waals surface area contributed by atoms with Crippen molar-refractivity contribution in [1.82, 2.24) is 10.2 Å².